The minimum Gasteiger partial charge on any atom is -0.392 e. The maximum absolute atomic E-state index is 11.3. The molecular weight excluding hydrogens is 232 g/mol. The molecule has 0 bridgehead atoms. The maximum atomic E-state index is 11.3. The summed E-state index contributed by atoms with van der Waals surface area (Å²) in [7, 11) is -3.33. The number of carbonyl (C=O) groups excluding carboxylic acids is 1. The quantitative estimate of drug-likeness (QED) is 0.480. The van der Waals surface area contributed by atoms with Crippen molar-refractivity contribution in [2.75, 3.05) is 25.9 Å². The molecule has 6 nitrogen and oxygen atoms in total. The molecule has 0 aromatic carbocycles. The second-order valence-corrected chi connectivity index (χ2v) is 6.18. The van der Waals surface area contributed by atoms with E-state index in [1.807, 2.05) is 0 Å². The zero-order chi connectivity index (χ0) is 12.8. The fourth-order valence-corrected chi connectivity index (χ4v) is 1.40. The first-order valence-corrected chi connectivity index (χ1v) is 7.06. The van der Waals surface area contributed by atoms with E-state index >= 15 is 0 Å². The van der Waals surface area contributed by atoms with Gasteiger partial charge in [0.1, 0.15) is 5.25 Å². The third kappa shape index (κ3) is 6.76. The van der Waals surface area contributed by atoms with Gasteiger partial charge in [-0.25, -0.2) is 8.42 Å². The summed E-state index contributed by atoms with van der Waals surface area (Å²) in [5.41, 5.74) is 0. The Balaban J connectivity index is 3.75. The van der Waals surface area contributed by atoms with Crippen LogP contribution in [0.1, 0.15) is 13.8 Å². The van der Waals surface area contributed by atoms with Crippen molar-refractivity contribution in [3.05, 3.63) is 0 Å². The van der Waals surface area contributed by atoms with Gasteiger partial charge < -0.3 is 15.7 Å². The van der Waals surface area contributed by atoms with Crippen molar-refractivity contribution in [2.24, 2.45) is 0 Å². The van der Waals surface area contributed by atoms with Crippen LogP contribution in [0.3, 0.4) is 0 Å². The van der Waals surface area contributed by atoms with Crippen LogP contribution in [0.5, 0.6) is 0 Å². The summed E-state index contributed by atoms with van der Waals surface area (Å²) in [5.74, 6) is -0.499. The Labute approximate surface area is 96.3 Å². The summed E-state index contributed by atoms with van der Waals surface area (Å²) in [6.07, 6.45) is 0.591. The highest BCUT2D eigenvalue weighted by molar-refractivity contribution is 7.92. The summed E-state index contributed by atoms with van der Waals surface area (Å²) in [6.45, 7) is 4.28. The van der Waals surface area contributed by atoms with E-state index in [1.54, 1.807) is 6.92 Å². The molecule has 2 atom stereocenters. The first-order valence-electron chi connectivity index (χ1n) is 5.10. The fourth-order valence-electron chi connectivity index (χ4n) is 0.923. The highest BCUT2D eigenvalue weighted by Gasteiger charge is 2.22. The monoisotopic (exact) mass is 252 g/mol. The van der Waals surface area contributed by atoms with Crippen LogP contribution in [0.15, 0.2) is 0 Å². The van der Waals surface area contributed by atoms with Crippen molar-refractivity contribution in [1.29, 1.82) is 0 Å². The number of hydrogen-bond donors (Lipinski definition) is 3. The predicted octanol–water partition coefficient (Wildman–Crippen LogP) is -1.49. The Morgan fingerprint density at radius 3 is 2.31 bits per heavy atom. The second kappa shape index (κ2) is 6.82. The van der Waals surface area contributed by atoms with E-state index in [0.717, 1.165) is 6.26 Å². The SMILES string of the molecule is CC(O)CNCCNC(=O)C(C)S(C)(=O)=O. The van der Waals surface area contributed by atoms with Gasteiger partial charge in [-0.3, -0.25) is 4.79 Å². The summed E-state index contributed by atoms with van der Waals surface area (Å²) in [6, 6.07) is 0. The number of amides is 1. The van der Waals surface area contributed by atoms with Crippen LogP contribution in [0.25, 0.3) is 0 Å². The Bertz CT molecular complexity index is 313. The van der Waals surface area contributed by atoms with Gasteiger partial charge in [0, 0.05) is 25.9 Å². The lowest BCUT2D eigenvalue weighted by Crippen LogP contribution is -2.41. The Morgan fingerprint density at radius 1 is 1.31 bits per heavy atom. The molecule has 0 aliphatic carbocycles. The van der Waals surface area contributed by atoms with Crippen molar-refractivity contribution < 1.29 is 18.3 Å². The van der Waals surface area contributed by atoms with Crippen LogP contribution in [-0.2, 0) is 14.6 Å². The second-order valence-electron chi connectivity index (χ2n) is 3.82. The zero-order valence-electron chi connectivity index (χ0n) is 9.86. The first-order chi connectivity index (χ1) is 7.25. The number of sulfone groups is 1. The molecule has 7 heteroatoms. The molecule has 3 N–H and O–H groups in total. The molecule has 0 radical (unpaired) electrons. The Kier molecular flexibility index (Phi) is 6.54. The van der Waals surface area contributed by atoms with E-state index in [1.165, 1.54) is 6.92 Å². The standard InChI is InChI=1S/C9H20N2O4S/c1-7(12)6-10-4-5-11-9(13)8(2)16(3,14)15/h7-8,10,12H,4-6H2,1-3H3,(H,11,13). The average molecular weight is 252 g/mol. The van der Waals surface area contributed by atoms with Crippen LogP contribution in [0.4, 0.5) is 0 Å². The lowest BCUT2D eigenvalue weighted by Gasteiger charge is -2.11. The molecular formula is C9H20N2O4S. The largest absolute Gasteiger partial charge is 0.392 e. The third-order valence-corrected chi connectivity index (χ3v) is 3.55. The van der Waals surface area contributed by atoms with Gasteiger partial charge >= 0.3 is 0 Å². The van der Waals surface area contributed by atoms with Gasteiger partial charge in [0.15, 0.2) is 9.84 Å². The van der Waals surface area contributed by atoms with Crippen molar-refractivity contribution in [2.45, 2.75) is 25.2 Å². The molecule has 0 aromatic rings. The molecule has 0 heterocycles. The summed E-state index contributed by atoms with van der Waals surface area (Å²) >= 11 is 0. The number of rotatable bonds is 7. The van der Waals surface area contributed by atoms with E-state index in [2.05, 4.69) is 10.6 Å². The fraction of sp³-hybridized carbons (Fsp3) is 0.889. The highest BCUT2D eigenvalue weighted by atomic mass is 32.2. The lowest BCUT2D eigenvalue weighted by molar-refractivity contribution is -0.120. The lowest BCUT2D eigenvalue weighted by atomic mass is 10.4. The van der Waals surface area contributed by atoms with Crippen LogP contribution in [0.2, 0.25) is 0 Å². The molecule has 96 valence electrons. The molecule has 0 aliphatic rings. The van der Waals surface area contributed by atoms with Crippen molar-refractivity contribution in [1.82, 2.24) is 10.6 Å². The van der Waals surface area contributed by atoms with Crippen LogP contribution >= 0.6 is 0 Å². The summed E-state index contributed by atoms with van der Waals surface area (Å²) in [5, 5.41) is 13.3. The van der Waals surface area contributed by atoms with Crippen molar-refractivity contribution in [3.8, 4) is 0 Å². The van der Waals surface area contributed by atoms with Gasteiger partial charge in [0.25, 0.3) is 0 Å². The summed E-state index contributed by atoms with van der Waals surface area (Å²) in [4.78, 5) is 11.3. The normalized spacial score (nSPS) is 15.5. The number of hydrogen-bond acceptors (Lipinski definition) is 5. The van der Waals surface area contributed by atoms with Gasteiger partial charge in [-0.05, 0) is 13.8 Å². The zero-order valence-corrected chi connectivity index (χ0v) is 10.7. The Morgan fingerprint density at radius 2 is 1.88 bits per heavy atom. The molecule has 1 amide bonds. The van der Waals surface area contributed by atoms with Gasteiger partial charge in [-0.1, -0.05) is 0 Å². The van der Waals surface area contributed by atoms with Gasteiger partial charge in [0.05, 0.1) is 6.10 Å². The van der Waals surface area contributed by atoms with Crippen molar-refractivity contribution in [3.63, 3.8) is 0 Å². The van der Waals surface area contributed by atoms with E-state index in [0.29, 0.717) is 19.6 Å². The van der Waals surface area contributed by atoms with Gasteiger partial charge in [-0.15, -0.1) is 0 Å². The van der Waals surface area contributed by atoms with Crippen molar-refractivity contribution >= 4 is 15.7 Å². The minimum absolute atomic E-state index is 0.339. The molecule has 0 rings (SSSR count). The van der Waals surface area contributed by atoms with E-state index in [9.17, 15) is 13.2 Å². The number of nitrogens with one attached hydrogen (secondary N) is 2. The molecule has 0 aliphatic heterocycles. The average Bonchev–Trinajstić information content (AvgIpc) is 2.13. The number of aliphatic hydroxyl groups is 1. The summed E-state index contributed by atoms with van der Waals surface area (Å²) < 4.78 is 22.1. The van der Waals surface area contributed by atoms with Crippen LogP contribution in [0, 0.1) is 0 Å². The van der Waals surface area contributed by atoms with Crippen LogP contribution < -0.4 is 10.6 Å². The predicted molar refractivity (Wildman–Crippen MR) is 61.9 cm³/mol. The van der Waals surface area contributed by atoms with E-state index < -0.39 is 27.1 Å². The topological polar surface area (TPSA) is 95.5 Å². The highest BCUT2D eigenvalue weighted by Crippen LogP contribution is 1.96. The molecule has 2 unspecified atom stereocenters. The van der Waals surface area contributed by atoms with E-state index in [4.69, 9.17) is 5.11 Å². The maximum Gasteiger partial charge on any atom is 0.238 e. The Hall–Kier alpha value is -0.660. The van der Waals surface area contributed by atoms with Gasteiger partial charge in [-0.2, -0.15) is 0 Å². The smallest absolute Gasteiger partial charge is 0.238 e. The van der Waals surface area contributed by atoms with Crippen LogP contribution in [-0.4, -0.2) is 56.7 Å². The minimum atomic E-state index is -3.33. The number of carbonyl (C=O) groups is 1. The third-order valence-electron chi connectivity index (χ3n) is 2.05. The molecule has 16 heavy (non-hydrogen) atoms. The molecule has 0 spiro atoms. The molecule has 0 saturated heterocycles. The first kappa shape index (κ1) is 15.3. The van der Waals surface area contributed by atoms with E-state index in [-0.39, 0.29) is 0 Å². The number of aliphatic hydroxyl groups excluding tert-OH is 1. The molecule has 0 saturated carbocycles. The van der Waals surface area contributed by atoms with Gasteiger partial charge in [0.2, 0.25) is 5.91 Å². The molecule has 0 fully saturated rings. The molecule has 0 aromatic heterocycles.